The van der Waals surface area contributed by atoms with Crippen LogP contribution in [0.4, 0.5) is 5.82 Å². The van der Waals surface area contributed by atoms with Gasteiger partial charge in [-0.3, -0.25) is 33.3 Å². The molecule has 4 aromatic rings. The molecule has 0 aromatic carbocycles. The first-order chi connectivity index (χ1) is 27.0. The number of aliphatic hydroxyl groups excluding tert-OH is 2. The van der Waals surface area contributed by atoms with E-state index in [1.54, 1.807) is 4.57 Å². The van der Waals surface area contributed by atoms with Gasteiger partial charge in [-0.05, 0) is 6.92 Å². The Morgan fingerprint density at radius 3 is 2.16 bits per heavy atom. The normalized spacial score (nSPS) is 29.8. The molecule has 3 fully saturated rings. The lowest BCUT2D eigenvalue weighted by Crippen LogP contribution is -2.34. The van der Waals surface area contributed by atoms with E-state index in [9.17, 15) is 39.2 Å². The zero-order valence-corrected chi connectivity index (χ0v) is 32.9. The molecule has 7 heterocycles. The van der Waals surface area contributed by atoms with E-state index in [-0.39, 0.29) is 30.6 Å². The number of fused-ring (bicyclic) bond motifs is 1. The molecule has 3 saturated heterocycles. The number of aromatic amines is 2. The molecule has 3 aliphatic rings. The van der Waals surface area contributed by atoms with Gasteiger partial charge >= 0.3 is 11.4 Å². The van der Waals surface area contributed by atoms with Crippen molar-refractivity contribution in [1.82, 2.24) is 38.6 Å². The second-order valence-electron chi connectivity index (χ2n) is 13.2. The van der Waals surface area contributed by atoms with Crippen LogP contribution >= 0.6 is 13.4 Å². The first-order valence-corrected chi connectivity index (χ1v) is 22.2. The van der Waals surface area contributed by atoms with E-state index in [1.165, 1.54) is 32.0 Å². The summed E-state index contributed by atoms with van der Waals surface area (Å²) in [6, 6.07) is 1.09. The SMILES string of the molecule is Cc1cn([C@H]2C[C@H](OP([O-])(=S)OC[C@H]3O[C@@H](n4cnc5c(N)ncnc54)C[C@@H]3O)[C@@H](COP([O-])(=S)O[C@H]3C[C@H](n4ccc(=O)[nH]c4=O)O[C@@H]3CO)O2)c(=O)[nH]c1=O. The number of nitrogens with two attached hydrogens (primary N) is 1. The summed E-state index contributed by atoms with van der Waals surface area (Å²) in [5.74, 6) is 0.155. The third-order valence-electron chi connectivity index (χ3n) is 9.38. The minimum atomic E-state index is -4.45. The average molecular weight is 876 g/mol. The van der Waals surface area contributed by atoms with Crippen molar-refractivity contribution in [3.05, 3.63) is 78.4 Å². The first kappa shape index (κ1) is 41.7. The van der Waals surface area contributed by atoms with Gasteiger partial charge in [0.25, 0.3) is 11.1 Å². The van der Waals surface area contributed by atoms with Gasteiger partial charge in [-0.15, -0.1) is 0 Å². The molecule has 28 heteroatoms. The summed E-state index contributed by atoms with van der Waals surface area (Å²) in [6.45, 7) is -9.16. The lowest BCUT2D eigenvalue weighted by Gasteiger charge is -2.35. The molecule has 24 nitrogen and oxygen atoms in total. The van der Waals surface area contributed by atoms with Crippen LogP contribution in [-0.2, 0) is 55.9 Å². The highest BCUT2D eigenvalue weighted by Crippen LogP contribution is 2.49. The van der Waals surface area contributed by atoms with Crippen molar-refractivity contribution in [2.75, 3.05) is 25.6 Å². The molecule has 310 valence electrons. The quantitative estimate of drug-likeness (QED) is 0.0789. The Morgan fingerprint density at radius 2 is 1.47 bits per heavy atom. The van der Waals surface area contributed by atoms with Gasteiger partial charge in [-0.25, -0.2) is 24.5 Å². The summed E-state index contributed by atoms with van der Waals surface area (Å²) in [5.41, 5.74) is 3.86. The van der Waals surface area contributed by atoms with Crippen molar-refractivity contribution in [3.8, 4) is 0 Å². The smallest absolute Gasteiger partial charge is 0.330 e. The van der Waals surface area contributed by atoms with Gasteiger partial charge in [-0.2, -0.15) is 0 Å². The van der Waals surface area contributed by atoms with Gasteiger partial charge in [0.15, 0.2) is 11.5 Å². The average Bonchev–Trinajstić information content (AvgIpc) is 3.93. The molecule has 0 aliphatic carbocycles. The van der Waals surface area contributed by atoms with E-state index < -0.39 is 111 Å². The van der Waals surface area contributed by atoms with Gasteiger partial charge in [0, 0.05) is 43.3 Å². The second kappa shape index (κ2) is 16.7. The van der Waals surface area contributed by atoms with Crippen LogP contribution in [0.2, 0.25) is 0 Å². The van der Waals surface area contributed by atoms with Crippen LogP contribution < -0.4 is 38.0 Å². The Kier molecular flexibility index (Phi) is 12.2. The molecule has 4 aromatic heterocycles. The number of H-pyrrole nitrogens is 2. The number of ether oxygens (including phenoxy) is 3. The summed E-state index contributed by atoms with van der Waals surface area (Å²) < 4.78 is 43.6. The van der Waals surface area contributed by atoms with Gasteiger partial charge < -0.3 is 58.0 Å². The largest absolute Gasteiger partial charge is 0.780 e. The van der Waals surface area contributed by atoms with Gasteiger partial charge in [0.1, 0.15) is 62.3 Å². The number of nitrogens with one attached hydrogen (secondary N) is 2. The molecular formula is C29H35N9O15P2S2-2. The first-order valence-electron chi connectivity index (χ1n) is 17.1. The van der Waals surface area contributed by atoms with Crippen LogP contribution in [-0.4, -0.2) is 105 Å². The molecular weight excluding hydrogens is 840 g/mol. The van der Waals surface area contributed by atoms with E-state index in [0.717, 1.165) is 15.2 Å². The summed E-state index contributed by atoms with van der Waals surface area (Å²) in [4.78, 5) is 92.2. The van der Waals surface area contributed by atoms with Crippen molar-refractivity contribution in [1.29, 1.82) is 0 Å². The van der Waals surface area contributed by atoms with Crippen molar-refractivity contribution >= 4 is 54.0 Å². The number of rotatable bonds is 14. The number of imidazole rings is 1. The Balaban J connectivity index is 1.02. The highest BCUT2D eigenvalue weighted by atomic mass is 32.5. The zero-order chi connectivity index (χ0) is 40.8. The number of hydrogen-bond donors (Lipinski definition) is 5. The number of anilines is 1. The Morgan fingerprint density at radius 1 is 0.877 bits per heavy atom. The molecule has 6 N–H and O–H groups in total. The van der Waals surface area contributed by atoms with Crippen LogP contribution in [0, 0.1) is 6.92 Å². The van der Waals surface area contributed by atoms with E-state index in [4.69, 9.17) is 61.7 Å². The minimum absolute atomic E-state index is 0.0818. The van der Waals surface area contributed by atoms with Gasteiger partial charge in [0.05, 0.1) is 44.5 Å². The third-order valence-corrected chi connectivity index (χ3v) is 12.5. The lowest BCUT2D eigenvalue weighted by atomic mass is 10.2. The number of aryl methyl sites for hydroxylation is 1. The topological polar surface area (TPSA) is 331 Å². The molecule has 57 heavy (non-hydrogen) atoms. The van der Waals surface area contributed by atoms with Crippen LogP contribution in [0.3, 0.4) is 0 Å². The molecule has 11 atom stereocenters. The van der Waals surface area contributed by atoms with Crippen LogP contribution in [0.25, 0.3) is 11.2 Å². The standard InChI is InChI=1S/C29H37N9O15P2S2/c1-13-7-37(29(44)35-27(13)42)23-6-16(53-54(45,56)47-9-18-14(40)4-21(50-18)38-12-33-24-25(30)31-11-32-26(24)38)19(51-23)10-48-55(46,57)52-15-5-22(49-17(15)8-39)36-3-2-20(41)34-28(36)43/h2-3,7,11-12,14-19,21-23,39-40H,4-6,8-10H2,1H3,(H,45,56)(H,46,57)(H2,30,31,32)(H,34,41,43)(H,35,42,44)/p-2/t14-,15-,16-,17+,18+,19+,21+,22+,23+,54?,55?/m0/s1. The van der Waals surface area contributed by atoms with Crippen LogP contribution in [0.5, 0.6) is 0 Å². The molecule has 0 spiro atoms. The van der Waals surface area contributed by atoms with Crippen molar-refractivity contribution in [3.63, 3.8) is 0 Å². The maximum Gasteiger partial charge on any atom is 0.330 e. The predicted molar refractivity (Wildman–Crippen MR) is 196 cm³/mol. The van der Waals surface area contributed by atoms with Gasteiger partial charge in [-0.1, -0.05) is 23.6 Å². The van der Waals surface area contributed by atoms with E-state index >= 15 is 0 Å². The predicted octanol–water partition coefficient (Wildman–Crippen LogP) is -2.99. The van der Waals surface area contributed by atoms with Crippen molar-refractivity contribution in [2.45, 2.75) is 81.5 Å². The summed E-state index contributed by atoms with van der Waals surface area (Å²) >= 11 is 10.3. The second-order valence-corrected chi connectivity index (χ2v) is 18.6. The lowest BCUT2D eigenvalue weighted by molar-refractivity contribution is -0.219. The van der Waals surface area contributed by atoms with E-state index in [0.29, 0.717) is 11.2 Å². The van der Waals surface area contributed by atoms with E-state index in [1.807, 2.05) is 0 Å². The number of hydrogen-bond acceptors (Lipinski definition) is 21. The third kappa shape index (κ3) is 9.25. The highest BCUT2D eigenvalue weighted by molar-refractivity contribution is 8.06. The minimum Gasteiger partial charge on any atom is -0.780 e. The molecule has 7 rings (SSSR count). The number of aliphatic hydroxyl groups is 2. The van der Waals surface area contributed by atoms with Crippen molar-refractivity contribution in [2.24, 2.45) is 0 Å². The monoisotopic (exact) mass is 875 g/mol. The number of aromatic nitrogens is 8. The molecule has 3 aliphatic heterocycles. The molecule has 2 unspecified atom stereocenters. The van der Waals surface area contributed by atoms with Crippen molar-refractivity contribution < 1.29 is 52.3 Å². The summed E-state index contributed by atoms with van der Waals surface area (Å²) in [6.07, 6.45) is -4.91. The number of nitrogens with zero attached hydrogens (tertiary/aromatic N) is 6. The fraction of sp³-hybridized carbons (Fsp3) is 0.552. The Hall–Kier alpha value is -3.43. The van der Waals surface area contributed by atoms with Gasteiger partial charge in [0.2, 0.25) is 0 Å². The summed E-state index contributed by atoms with van der Waals surface area (Å²) in [5, 5.41) is 20.7. The molecule has 0 radical (unpaired) electrons. The molecule has 0 amide bonds. The summed E-state index contributed by atoms with van der Waals surface area (Å²) in [7, 11) is 0. The highest BCUT2D eigenvalue weighted by Gasteiger charge is 2.42. The fourth-order valence-corrected chi connectivity index (χ4v) is 9.49. The fourth-order valence-electron chi connectivity index (χ4n) is 6.57. The van der Waals surface area contributed by atoms with E-state index in [2.05, 4.69) is 24.9 Å². The van der Waals surface area contributed by atoms with Crippen LogP contribution in [0.15, 0.2) is 50.3 Å². The number of nitrogen functional groups attached to an aromatic ring is 1. The van der Waals surface area contributed by atoms with Crippen LogP contribution in [0.1, 0.15) is 43.5 Å². The Labute approximate surface area is 329 Å². The maximum atomic E-state index is 13.6. The molecule has 0 bridgehead atoms. The molecule has 0 saturated carbocycles. The Bertz CT molecular complexity index is 2460. The zero-order valence-electron chi connectivity index (χ0n) is 29.5. The maximum absolute atomic E-state index is 13.6.